The summed E-state index contributed by atoms with van der Waals surface area (Å²) in [6.45, 7) is 0.296. The van der Waals surface area contributed by atoms with Gasteiger partial charge in [0.15, 0.2) is 0 Å². The number of hydrogen-bond acceptors (Lipinski definition) is 4. The molecule has 2 aromatic rings. The zero-order chi connectivity index (χ0) is 18.7. The normalized spacial score (nSPS) is 16.4. The summed E-state index contributed by atoms with van der Waals surface area (Å²) in [6, 6.07) is 13.0. The van der Waals surface area contributed by atoms with Crippen molar-refractivity contribution in [3.63, 3.8) is 0 Å². The molecule has 7 nitrogen and oxygen atoms in total. The van der Waals surface area contributed by atoms with Crippen LogP contribution in [0.25, 0.3) is 0 Å². The molecule has 0 spiro atoms. The highest BCUT2D eigenvalue weighted by molar-refractivity contribution is 6.03. The van der Waals surface area contributed by atoms with E-state index in [9.17, 15) is 14.4 Å². The molecule has 1 aliphatic heterocycles. The Bertz CT molecular complexity index is 830. The van der Waals surface area contributed by atoms with E-state index in [4.69, 9.17) is 9.84 Å². The van der Waals surface area contributed by atoms with Crippen molar-refractivity contribution in [3.05, 3.63) is 54.1 Å². The first-order chi connectivity index (χ1) is 12.5. The van der Waals surface area contributed by atoms with Gasteiger partial charge in [-0.05, 0) is 48.5 Å². The molecule has 26 heavy (non-hydrogen) atoms. The second-order valence-corrected chi connectivity index (χ2v) is 5.98. The van der Waals surface area contributed by atoms with Crippen LogP contribution in [0.4, 0.5) is 11.4 Å². The molecule has 0 aliphatic carbocycles. The molecule has 0 radical (unpaired) electrons. The maximum atomic E-state index is 12.4. The first-order valence-electron chi connectivity index (χ1n) is 8.06. The van der Waals surface area contributed by atoms with Crippen molar-refractivity contribution in [2.75, 3.05) is 23.9 Å². The highest BCUT2D eigenvalue weighted by atomic mass is 16.5. The fraction of sp³-hybridized carbons (Fsp3) is 0.211. The highest BCUT2D eigenvalue weighted by Gasteiger charge is 2.35. The Labute approximate surface area is 150 Å². The fourth-order valence-corrected chi connectivity index (χ4v) is 2.84. The second kappa shape index (κ2) is 7.26. The van der Waals surface area contributed by atoms with Gasteiger partial charge >= 0.3 is 5.97 Å². The summed E-state index contributed by atoms with van der Waals surface area (Å²) in [5.74, 6) is -1.18. The monoisotopic (exact) mass is 354 g/mol. The van der Waals surface area contributed by atoms with Gasteiger partial charge in [0.1, 0.15) is 5.75 Å². The number of carbonyl (C=O) groups excluding carboxylic acids is 2. The Hall–Kier alpha value is -3.35. The number of hydrogen-bond donors (Lipinski definition) is 2. The smallest absolute Gasteiger partial charge is 0.335 e. The molecule has 0 unspecified atom stereocenters. The minimum absolute atomic E-state index is 0.114. The zero-order valence-corrected chi connectivity index (χ0v) is 14.1. The van der Waals surface area contributed by atoms with E-state index in [0.29, 0.717) is 18.0 Å². The third-order valence-electron chi connectivity index (χ3n) is 4.28. The molecule has 1 heterocycles. The summed E-state index contributed by atoms with van der Waals surface area (Å²) in [4.78, 5) is 37.1. The van der Waals surface area contributed by atoms with Crippen molar-refractivity contribution in [2.24, 2.45) is 5.92 Å². The summed E-state index contributed by atoms with van der Waals surface area (Å²) in [5.41, 5.74) is 1.36. The standard InChI is InChI=1S/C19H18N2O5/c1-26-16-8-6-15(7-9-16)21-11-13(10-17(21)22)18(23)20-14-4-2-12(3-5-14)19(24)25/h2-9,13H,10-11H2,1H3,(H,20,23)(H,24,25)/t13-/m0/s1. The van der Waals surface area contributed by atoms with Crippen molar-refractivity contribution in [1.82, 2.24) is 0 Å². The summed E-state index contributed by atoms with van der Waals surface area (Å²) in [6.07, 6.45) is 0.130. The van der Waals surface area contributed by atoms with Gasteiger partial charge in [-0.25, -0.2) is 4.79 Å². The fourth-order valence-electron chi connectivity index (χ4n) is 2.84. The van der Waals surface area contributed by atoms with Gasteiger partial charge in [0.25, 0.3) is 0 Å². The predicted molar refractivity (Wildman–Crippen MR) is 95.5 cm³/mol. The number of carbonyl (C=O) groups is 3. The van der Waals surface area contributed by atoms with E-state index in [1.807, 2.05) is 0 Å². The lowest BCUT2D eigenvalue weighted by molar-refractivity contribution is -0.122. The molecule has 1 aliphatic rings. The number of nitrogens with zero attached hydrogens (tertiary/aromatic N) is 1. The minimum atomic E-state index is -1.03. The van der Waals surface area contributed by atoms with Crippen molar-refractivity contribution < 1.29 is 24.2 Å². The van der Waals surface area contributed by atoms with Crippen LogP contribution in [-0.4, -0.2) is 36.5 Å². The van der Waals surface area contributed by atoms with E-state index in [2.05, 4.69) is 5.32 Å². The molecule has 0 bridgehead atoms. The Balaban J connectivity index is 1.65. The van der Waals surface area contributed by atoms with Crippen molar-refractivity contribution >= 4 is 29.2 Å². The number of anilines is 2. The van der Waals surface area contributed by atoms with Gasteiger partial charge in [0, 0.05) is 24.3 Å². The summed E-state index contributed by atoms with van der Waals surface area (Å²) in [5, 5.41) is 11.6. The number of aromatic carboxylic acids is 1. The van der Waals surface area contributed by atoms with Crippen molar-refractivity contribution in [3.8, 4) is 5.75 Å². The Morgan fingerprint density at radius 1 is 1.12 bits per heavy atom. The summed E-state index contributed by atoms with van der Waals surface area (Å²) >= 11 is 0. The SMILES string of the molecule is COc1ccc(N2C[C@@H](C(=O)Nc3ccc(C(=O)O)cc3)CC2=O)cc1. The molecule has 7 heteroatoms. The van der Waals surface area contributed by atoms with Gasteiger partial charge < -0.3 is 20.1 Å². The summed E-state index contributed by atoms with van der Waals surface area (Å²) in [7, 11) is 1.57. The van der Waals surface area contributed by atoms with Gasteiger partial charge in [-0.3, -0.25) is 9.59 Å². The third kappa shape index (κ3) is 3.66. The zero-order valence-electron chi connectivity index (χ0n) is 14.1. The quantitative estimate of drug-likeness (QED) is 0.859. The Kier molecular flexibility index (Phi) is 4.88. The van der Waals surface area contributed by atoms with E-state index in [0.717, 1.165) is 5.69 Å². The van der Waals surface area contributed by atoms with E-state index in [-0.39, 0.29) is 23.8 Å². The molecule has 2 N–H and O–H groups in total. The topological polar surface area (TPSA) is 95.9 Å². The number of benzene rings is 2. The highest BCUT2D eigenvalue weighted by Crippen LogP contribution is 2.27. The Morgan fingerprint density at radius 3 is 2.35 bits per heavy atom. The van der Waals surface area contributed by atoms with Crippen LogP contribution in [0.1, 0.15) is 16.8 Å². The van der Waals surface area contributed by atoms with Crippen LogP contribution in [0.5, 0.6) is 5.75 Å². The first-order valence-corrected chi connectivity index (χ1v) is 8.06. The van der Waals surface area contributed by atoms with Crippen LogP contribution in [0, 0.1) is 5.92 Å². The van der Waals surface area contributed by atoms with Crippen LogP contribution >= 0.6 is 0 Å². The lowest BCUT2D eigenvalue weighted by Crippen LogP contribution is -2.28. The van der Waals surface area contributed by atoms with Crippen molar-refractivity contribution in [1.29, 1.82) is 0 Å². The Morgan fingerprint density at radius 2 is 1.77 bits per heavy atom. The van der Waals surface area contributed by atoms with E-state index >= 15 is 0 Å². The third-order valence-corrected chi connectivity index (χ3v) is 4.28. The molecule has 134 valence electrons. The van der Waals surface area contributed by atoms with Crippen LogP contribution in [-0.2, 0) is 9.59 Å². The van der Waals surface area contributed by atoms with Gasteiger partial charge in [-0.1, -0.05) is 0 Å². The maximum Gasteiger partial charge on any atom is 0.335 e. The van der Waals surface area contributed by atoms with Gasteiger partial charge in [-0.15, -0.1) is 0 Å². The van der Waals surface area contributed by atoms with E-state index in [1.165, 1.54) is 24.3 Å². The first kappa shape index (κ1) is 17.5. The number of methoxy groups -OCH3 is 1. The molecular formula is C19H18N2O5. The van der Waals surface area contributed by atoms with Crippen molar-refractivity contribution in [2.45, 2.75) is 6.42 Å². The number of nitrogens with one attached hydrogen (secondary N) is 1. The molecule has 0 aromatic heterocycles. The molecule has 0 saturated carbocycles. The number of carboxylic acids is 1. The van der Waals surface area contributed by atoms with Crippen LogP contribution in [0.2, 0.25) is 0 Å². The van der Waals surface area contributed by atoms with E-state index < -0.39 is 11.9 Å². The maximum absolute atomic E-state index is 12.4. The van der Waals surface area contributed by atoms with Crippen LogP contribution in [0.15, 0.2) is 48.5 Å². The molecule has 1 fully saturated rings. The summed E-state index contributed by atoms with van der Waals surface area (Å²) < 4.78 is 5.10. The number of carboxylic acid groups (broad SMARTS) is 1. The van der Waals surface area contributed by atoms with Crippen LogP contribution in [0.3, 0.4) is 0 Å². The average molecular weight is 354 g/mol. The van der Waals surface area contributed by atoms with Gasteiger partial charge in [0.05, 0.1) is 18.6 Å². The lowest BCUT2D eigenvalue weighted by atomic mass is 10.1. The minimum Gasteiger partial charge on any atom is -0.497 e. The molecule has 2 amide bonds. The molecule has 3 rings (SSSR count). The molecule has 1 saturated heterocycles. The number of ether oxygens (including phenoxy) is 1. The molecule has 2 aromatic carbocycles. The predicted octanol–water partition coefficient (Wildman–Crippen LogP) is 2.39. The number of rotatable bonds is 5. The lowest BCUT2D eigenvalue weighted by Gasteiger charge is -2.17. The second-order valence-electron chi connectivity index (χ2n) is 5.98. The molecule has 1 atom stereocenters. The van der Waals surface area contributed by atoms with Gasteiger partial charge in [-0.2, -0.15) is 0 Å². The average Bonchev–Trinajstić information content (AvgIpc) is 3.04. The number of amides is 2. The largest absolute Gasteiger partial charge is 0.497 e. The molecular weight excluding hydrogens is 336 g/mol. The van der Waals surface area contributed by atoms with Gasteiger partial charge in [0.2, 0.25) is 11.8 Å². The van der Waals surface area contributed by atoms with E-state index in [1.54, 1.807) is 36.3 Å². The van der Waals surface area contributed by atoms with Crippen LogP contribution < -0.4 is 15.0 Å².